The Kier molecular flexibility index (Phi) is 3.79. The standard InChI is InChI=1S/C17H26N4O2/c1-11(2)8-20-16(12-3-4-12)15(7-18-20)19-17(22)21-13-5-6-14(21)10-23-9-13/h7,11-14H,3-6,8-10H2,1-2H3,(H,19,22). The average molecular weight is 318 g/mol. The zero-order valence-corrected chi connectivity index (χ0v) is 14.0. The lowest BCUT2D eigenvalue weighted by Crippen LogP contribution is -2.50. The van der Waals surface area contributed by atoms with Gasteiger partial charge in [0.1, 0.15) is 0 Å². The predicted octanol–water partition coefficient (Wildman–Crippen LogP) is 2.81. The first-order chi connectivity index (χ1) is 11.1. The Balaban J connectivity index is 1.52. The van der Waals surface area contributed by atoms with Gasteiger partial charge in [-0.2, -0.15) is 5.10 Å². The second-order valence-corrected chi connectivity index (χ2v) is 7.55. The molecule has 0 spiro atoms. The van der Waals surface area contributed by atoms with Crippen LogP contribution in [0.2, 0.25) is 0 Å². The molecule has 2 bridgehead atoms. The predicted molar refractivity (Wildman–Crippen MR) is 87.5 cm³/mol. The minimum absolute atomic E-state index is 0.0202. The van der Waals surface area contributed by atoms with Crippen molar-refractivity contribution in [1.82, 2.24) is 14.7 Å². The van der Waals surface area contributed by atoms with Crippen LogP contribution in [0.3, 0.4) is 0 Å². The first kappa shape index (κ1) is 15.0. The van der Waals surface area contributed by atoms with Crippen molar-refractivity contribution >= 4 is 11.7 Å². The van der Waals surface area contributed by atoms with E-state index in [-0.39, 0.29) is 18.1 Å². The number of amides is 2. The summed E-state index contributed by atoms with van der Waals surface area (Å²) in [6, 6.07) is 0.500. The van der Waals surface area contributed by atoms with Gasteiger partial charge in [0.05, 0.1) is 42.9 Å². The molecule has 0 radical (unpaired) electrons. The molecular formula is C17H26N4O2. The van der Waals surface area contributed by atoms with E-state index in [1.807, 2.05) is 11.1 Å². The Hall–Kier alpha value is -1.56. The summed E-state index contributed by atoms with van der Waals surface area (Å²) in [5, 5.41) is 7.67. The van der Waals surface area contributed by atoms with E-state index >= 15 is 0 Å². The second-order valence-electron chi connectivity index (χ2n) is 7.55. The van der Waals surface area contributed by atoms with E-state index in [2.05, 4.69) is 28.9 Å². The lowest BCUT2D eigenvalue weighted by molar-refractivity contribution is 0.00948. The van der Waals surface area contributed by atoms with Crippen LogP contribution in [0.4, 0.5) is 10.5 Å². The maximum atomic E-state index is 12.8. The molecule has 2 amide bonds. The second kappa shape index (κ2) is 5.82. The van der Waals surface area contributed by atoms with Crippen molar-refractivity contribution in [3.05, 3.63) is 11.9 Å². The third-order valence-electron chi connectivity index (χ3n) is 5.10. The zero-order valence-electron chi connectivity index (χ0n) is 14.0. The van der Waals surface area contributed by atoms with Gasteiger partial charge in [-0.25, -0.2) is 4.79 Å². The number of carbonyl (C=O) groups excluding carboxylic acids is 1. The van der Waals surface area contributed by atoms with Crippen LogP contribution < -0.4 is 5.32 Å². The van der Waals surface area contributed by atoms with Crippen LogP contribution >= 0.6 is 0 Å². The minimum atomic E-state index is 0.0202. The van der Waals surface area contributed by atoms with Crippen molar-refractivity contribution in [3.63, 3.8) is 0 Å². The van der Waals surface area contributed by atoms with E-state index < -0.39 is 0 Å². The number of nitrogens with one attached hydrogen (secondary N) is 1. The molecule has 126 valence electrons. The normalized spacial score (nSPS) is 26.8. The average Bonchev–Trinajstić information content (AvgIpc) is 3.22. The minimum Gasteiger partial charge on any atom is -0.377 e. The number of ether oxygens (including phenoxy) is 1. The van der Waals surface area contributed by atoms with E-state index in [1.165, 1.54) is 18.5 Å². The summed E-state index contributed by atoms with van der Waals surface area (Å²) in [4.78, 5) is 14.8. The topological polar surface area (TPSA) is 59.4 Å². The first-order valence-corrected chi connectivity index (χ1v) is 8.86. The van der Waals surface area contributed by atoms with Crippen molar-refractivity contribution in [2.45, 2.75) is 64.1 Å². The molecule has 3 aliphatic rings. The summed E-state index contributed by atoms with van der Waals surface area (Å²) in [7, 11) is 0. The summed E-state index contributed by atoms with van der Waals surface area (Å²) in [5.41, 5.74) is 2.12. The van der Waals surface area contributed by atoms with E-state index in [0.29, 0.717) is 25.0 Å². The number of hydrogen-bond donors (Lipinski definition) is 1. The smallest absolute Gasteiger partial charge is 0.322 e. The van der Waals surface area contributed by atoms with Gasteiger partial charge >= 0.3 is 6.03 Å². The van der Waals surface area contributed by atoms with E-state index in [4.69, 9.17) is 4.74 Å². The van der Waals surface area contributed by atoms with Crippen LogP contribution in [-0.4, -0.2) is 46.0 Å². The van der Waals surface area contributed by atoms with Gasteiger partial charge in [-0.1, -0.05) is 13.8 Å². The van der Waals surface area contributed by atoms with Gasteiger partial charge in [0.15, 0.2) is 0 Å². The molecule has 4 rings (SSSR count). The van der Waals surface area contributed by atoms with Gasteiger partial charge in [-0.3, -0.25) is 4.68 Å². The quantitative estimate of drug-likeness (QED) is 0.928. The molecule has 0 aromatic carbocycles. The number of aromatic nitrogens is 2. The van der Waals surface area contributed by atoms with E-state index in [9.17, 15) is 4.79 Å². The van der Waals surface area contributed by atoms with Crippen LogP contribution in [0.25, 0.3) is 0 Å². The number of hydrogen-bond acceptors (Lipinski definition) is 3. The molecule has 3 fully saturated rings. The lowest BCUT2D eigenvalue weighted by Gasteiger charge is -2.34. The van der Waals surface area contributed by atoms with Gasteiger partial charge in [0.2, 0.25) is 0 Å². The molecule has 6 heteroatoms. The summed E-state index contributed by atoms with van der Waals surface area (Å²) >= 11 is 0. The van der Waals surface area contributed by atoms with Crippen LogP contribution in [-0.2, 0) is 11.3 Å². The Bertz CT molecular complexity index is 577. The summed E-state index contributed by atoms with van der Waals surface area (Å²) in [6.07, 6.45) is 6.35. The monoisotopic (exact) mass is 318 g/mol. The van der Waals surface area contributed by atoms with Crippen molar-refractivity contribution in [2.75, 3.05) is 18.5 Å². The van der Waals surface area contributed by atoms with Gasteiger partial charge < -0.3 is 15.0 Å². The molecular weight excluding hydrogens is 292 g/mol. The molecule has 1 saturated carbocycles. The molecule has 1 aliphatic carbocycles. The highest BCUT2D eigenvalue weighted by Crippen LogP contribution is 2.43. The number of anilines is 1. The maximum Gasteiger partial charge on any atom is 0.322 e. The Labute approximate surface area is 137 Å². The summed E-state index contributed by atoms with van der Waals surface area (Å²) in [5.74, 6) is 1.11. The Morgan fingerprint density at radius 3 is 2.61 bits per heavy atom. The van der Waals surface area contributed by atoms with Crippen LogP contribution in [0.1, 0.15) is 51.1 Å². The molecule has 6 nitrogen and oxygen atoms in total. The Morgan fingerprint density at radius 2 is 2.00 bits per heavy atom. The van der Waals surface area contributed by atoms with Gasteiger partial charge in [0, 0.05) is 12.5 Å². The van der Waals surface area contributed by atoms with E-state index in [1.54, 1.807) is 0 Å². The maximum absolute atomic E-state index is 12.8. The molecule has 3 heterocycles. The van der Waals surface area contributed by atoms with Gasteiger partial charge in [-0.05, 0) is 31.6 Å². The fourth-order valence-electron chi connectivity index (χ4n) is 3.91. The highest BCUT2D eigenvalue weighted by atomic mass is 16.5. The molecule has 1 aromatic heterocycles. The first-order valence-electron chi connectivity index (χ1n) is 8.86. The van der Waals surface area contributed by atoms with Crippen LogP contribution in [0.15, 0.2) is 6.20 Å². The highest BCUT2D eigenvalue weighted by molar-refractivity contribution is 5.90. The number of rotatable bonds is 4. The van der Waals surface area contributed by atoms with Crippen LogP contribution in [0, 0.1) is 5.92 Å². The number of carbonyl (C=O) groups is 1. The fourth-order valence-corrected chi connectivity index (χ4v) is 3.91. The van der Waals surface area contributed by atoms with Crippen LogP contribution in [0.5, 0.6) is 0 Å². The van der Waals surface area contributed by atoms with Crippen molar-refractivity contribution in [3.8, 4) is 0 Å². The number of fused-ring (bicyclic) bond motifs is 2. The molecule has 2 atom stereocenters. The highest BCUT2D eigenvalue weighted by Gasteiger charge is 2.41. The molecule has 23 heavy (non-hydrogen) atoms. The van der Waals surface area contributed by atoms with Gasteiger partial charge in [0.25, 0.3) is 0 Å². The van der Waals surface area contributed by atoms with Crippen molar-refractivity contribution in [2.24, 2.45) is 5.92 Å². The molecule has 1 aromatic rings. The number of nitrogens with zero attached hydrogens (tertiary/aromatic N) is 3. The third kappa shape index (κ3) is 2.84. The zero-order chi connectivity index (χ0) is 16.0. The van der Waals surface area contributed by atoms with Crippen molar-refractivity contribution < 1.29 is 9.53 Å². The summed E-state index contributed by atoms with van der Waals surface area (Å²) in [6.45, 7) is 6.65. The van der Waals surface area contributed by atoms with Crippen molar-refractivity contribution in [1.29, 1.82) is 0 Å². The molecule has 1 N–H and O–H groups in total. The molecule has 2 aliphatic heterocycles. The lowest BCUT2D eigenvalue weighted by atomic mass is 10.2. The largest absolute Gasteiger partial charge is 0.377 e. The number of urea groups is 1. The third-order valence-corrected chi connectivity index (χ3v) is 5.10. The summed E-state index contributed by atoms with van der Waals surface area (Å²) < 4.78 is 7.66. The molecule has 2 saturated heterocycles. The Morgan fingerprint density at radius 1 is 1.30 bits per heavy atom. The van der Waals surface area contributed by atoms with Gasteiger partial charge in [-0.15, -0.1) is 0 Å². The molecule has 2 unspecified atom stereocenters. The fraction of sp³-hybridized carbons (Fsp3) is 0.765. The van der Waals surface area contributed by atoms with E-state index in [0.717, 1.165) is 25.1 Å². The SMILES string of the molecule is CC(C)Cn1ncc(NC(=O)N2C3CCC2COC3)c1C1CC1. The number of morpholine rings is 1.